The molecule has 1 saturated heterocycles. The number of aromatic amines is 1. The molecule has 146 valence electrons. The van der Waals surface area contributed by atoms with Crippen LogP contribution in [0.3, 0.4) is 0 Å². The standard InChI is InChI=1S/C21H28IN3O2/c22-17-9-6-10-18-19(17)25(21(27)20(26)23-18)16-11-13-24(14-12-16)15-7-4-2-1-3-5-8-15/h6,9-10,15-16H,1-5,7-8,11-14H2,(H,23,26). The van der Waals surface area contributed by atoms with E-state index in [1.165, 1.54) is 44.9 Å². The molecule has 6 heteroatoms. The molecule has 5 nitrogen and oxygen atoms in total. The molecule has 2 aliphatic rings. The number of nitrogens with one attached hydrogen (secondary N) is 1. The second kappa shape index (κ2) is 8.47. The Balaban J connectivity index is 1.57. The summed E-state index contributed by atoms with van der Waals surface area (Å²) in [5.74, 6) is 0. The van der Waals surface area contributed by atoms with E-state index in [2.05, 4.69) is 32.5 Å². The predicted molar refractivity (Wildman–Crippen MR) is 117 cm³/mol. The summed E-state index contributed by atoms with van der Waals surface area (Å²) in [5.41, 5.74) is 0.726. The molecule has 2 aromatic rings. The number of fused-ring (bicyclic) bond motifs is 1. The van der Waals surface area contributed by atoms with Gasteiger partial charge in [0, 0.05) is 28.7 Å². The maximum absolute atomic E-state index is 12.7. The molecule has 1 aliphatic heterocycles. The van der Waals surface area contributed by atoms with Gasteiger partial charge >= 0.3 is 11.1 Å². The van der Waals surface area contributed by atoms with E-state index in [0.29, 0.717) is 6.04 Å². The van der Waals surface area contributed by atoms with Crippen LogP contribution in [0.25, 0.3) is 11.0 Å². The summed E-state index contributed by atoms with van der Waals surface area (Å²) in [6.07, 6.45) is 11.4. The first-order valence-electron chi connectivity index (χ1n) is 10.3. The third-order valence-corrected chi connectivity index (χ3v) is 7.21. The van der Waals surface area contributed by atoms with Gasteiger partial charge in [-0.05, 0) is 60.4 Å². The Kier molecular flexibility index (Phi) is 6.02. The van der Waals surface area contributed by atoms with Crippen molar-refractivity contribution in [1.82, 2.24) is 14.5 Å². The maximum Gasteiger partial charge on any atom is 0.317 e. The number of para-hydroxylation sites is 1. The van der Waals surface area contributed by atoms with E-state index < -0.39 is 11.1 Å². The van der Waals surface area contributed by atoms with Crippen molar-refractivity contribution >= 4 is 33.6 Å². The number of piperidine rings is 1. The summed E-state index contributed by atoms with van der Waals surface area (Å²) in [6, 6.07) is 6.63. The van der Waals surface area contributed by atoms with Crippen molar-refractivity contribution in [2.24, 2.45) is 0 Å². The van der Waals surface area contributed by atoms with Crippen LogP contribution in [0.1, 0.15) is 63.8 Å². The Bertz CT molecular complexity index is 904. The molecule has 0 amide bonds. The number of nitrogens with zero attached hydrogens (tertiary/aromatic N) is 2. The van der Waals surface area contributed by atoms with Crippen molar-refractivity contribution < 1.29 is 0 Å². The third-order valence-electron chi connectivity index (χ3n) is 6.34. The highest BCUT2D eigenvalue weighted by Gasteiger charge is 2.28. The van der Waals surface area contributed by atoms with E-state index in [0.717, 1.165) is 40.5 Å². The Morgan fingerprint density at radius 1 is 0.889 bits per heavy atom. The molecule has 4 rings (SSSR count). The van der Waals surface area contributed by atoms with E-state index in [9.17, 15) is 9.59 Å². The topological polar surface area (TPSA) is 58.1 Å². The minimum atomic E-state index is -0.507. The quantitative estimate of drug-likeness (QED) is 0.521. The summed E-state index contributed by atoms with van der Waals surface area (Å²) in [4.78, 5) is 30.3. The third kappa shape index (κ3) is 4.01. The molecule has 1 aromatic heterocycles. The molecular weight excluding hydrogens is 453 g/mol. The molecule has 2 heterocycles. The van der Waals surface area contributed by atoms with Crippen LogP contribution >= 0.6 is 22.6 Å². The van der Waals surface area contributed by atoms with Gasteiger partial charge in [0.05, 0.1) is 11.0 Å². The van der Waals surface area contributed by atoms with Crippen molar-refractivity contribution in [2.45, 2.75) is 69.9 Å². The molecule has 1 saturated carbocycles. The lowest BCUT2D eigenvalue weighted by atomic mass is 9.93. The summed E-state index contributed by atoms with van der Waals surface area (Å²) < 4.78 is 2.80. The summed E-state index contributed by atoms with van der Waals surface area (Å²) in [5, 5.41) is 0. The van der Waals surface area contributed by atoms with E-state index in [-0.39, 0.29) is 6.04 Å². The van der Waals surface area contributed by atoms with Gasteiger partial charge in [0.2, 0.25) is 0 Å². The monoisotopic (exact) mass is 481 g/mol. The van der Waals surface area contributed by atoms with Crippen molar-refractivity contribution in [3.8, 4) is 0 Å². The lowest BCUT2D eigenvalue weighted by Gasteiger charge is -2.39. The van der Waals surface area contributed by atoms with Gasteiger partial charge in [0.1, 0.15) is 0 Å². The van der Waals surface area contributed by atoms with Crippen LogP contribution in [-0.4, -0.2) is 33.6 Å². The fraction of sp³-hybridized carbons (Fsp3) is 0.619. The van der Waals surface area contributed by atoms with Crippen molar-refractivity contribution in [2.75, 3.05) is 13.1 Å². The number of rotatable bonds is 2. The molecule has 0 radical (unpaired) electrons. The lowest BCUT2D eigenvalue weighted by molar-refractivity contribution is 0.115. The van der Waals surface area contributed by atoms with E-state index in [4.69, 9.17) is 0 Å². The second-order valence-electron chi connectivity index (χ2n) is 8.03. The summed E-state index contributed by atoms with van der Waals surface area (Å²) in [7, 11) is 0. The molecular formula is C21H28IN3O2. The van der Waals surface area contributed by atoms with Crippen LogP contribution < -0.4 is 11.1 Å². The van der Waals surface area contributed by atoms with Crippen LogP contribution in [0.2, 0.25) is 0 Å². The molecule has 1 N–H and O–H groups in total. The van der Waals surface area contributed by atoms with Crippen molar-refractivity contribution in [3.05, 3.63) is 42.5 Å². The highest BCUT2D eigenvalue weighted by atomic mass is 127. The smallest absolute Gasteiger partial charge is 0.316 e. The minimum Gasteiger partial charge on any atom is -0.316 e. The number of H-pyrrole nitrogens is 1. The molecule has 2 fully saturated rings. The van der Waals surface area contributed by atoms with E-state index in [1.54, 1.807) is 4.57 Å². The van der Waals surface area contributed by atoms with Gasteiger partial charge in [-0.1, -0.05) is 38.2 Å². The van der Waals surface area contributed by atoms with Gasteiger partial charge < -0.3 is 9.88 Å². The number of hydrogen-bond acceptors (Lipinski definition) is 3. The first-order chi connectivity index (χ1) is 13.1. The van der Waals surface area contributed by atoms with Gasteiger partial charge in [-0.3, -0.25) is 14.2 Å². The van der Waals surface area contributed by atoms with E-state index >= 15 is 0 Å². The first kappa shape index (κ1) is 19.2. The van der Waals surface area contributed by atoms with Crippen LogP contribution in [0, 0.1) is 3.57 Å². The van der Waals surface area contributed by atoms with Gasteiger partial charge in [0.15, 0.2) is 0 Å². The van der Waals surface area contributed by atoms with Crippen molar-refractivity contribution in [3.63, 3.8) is 0 Å². The molecule has 1 aromatic carbocycles. The number of aromatic nitrogens is 2. The number of benzene rings is 1. The lowest BCUT2D eigenvalue weighted by Crippen LogP contribution is -2.45. The van der Waals surface area contributed by atoms with Crippen molar-refractivity contribution in [1.29, 1.82) is 0 Å². The molecule has 1 aliphatic carbocycles. The van der Waals surface area contributed by atoms with Gasteiger partial charge in [-0.15, -0.1) is 0 Å². The molecule has 0 spiro atoms. The summed E-state index contributed by atoms with van der Waals surface area (Å²) >= 11 is 2.26. The molecule has 0 atom stereocenters. The Labute approximate surface area is 173 Å². The van der Waals surface area contributed by atoms with Crippen LogP contribution in [-0.2, 0) is 0 Å². The highest BCUT2D eigenvalue weighted by Crippen LogP contribution is 2.30. The SMILES string of the molecule is O=c1[nH]c2cccc(I)c2n(C2CCN(C3CCCCCCC3)CC2)c1=O. The predicted octanol–water partition coefficient (Wildman–Crippen LogP) is 4.04. The Morgan fingerprint density at radius 3 is 2.26 bits per heavy atom. The highest BCUT2D eigenvalue weighted by molar-refractivity contribution is 14.1. The average Bonchev–Trinajstić information content (AvgIpc) is 2.64. The maximum atomic E-state index is 12.7. The Hall–Kier alpha value is -1.15. The molecule has 0 bridgehead atoms. The number of halogens is 1. The number of hydrogen-bond donors (Lipinski definition) is 1. The fourth-order valence-corrected chi connectivity index (χ4v) is 5.66. The zero-order valence-corrected chi connectivity index (χ0v) is 17.9. The largest absolute Gasteiger partial charge is 0.317 e. The normalized spacial score (nSPS) is 21.2. The van der Waals surface area contributed by atoms with Crippen LogP contribution in [0.15, 0.2) is 27.8 Å². The minimum absolute atomic E-state index is 0.114. The van der Waals surface area contributed by atoms with Gasteiger partial charge in [-0.25, -0.2) is 0 Å². The Morgan fingerprint density at radius 2 is 1.56 bits per heavy atom. The average molecular weight is 481 g/mol. The fourth-order valence-electron chi connectivity index (χ4n) is 4.91. The van der Waals surface area contributed by atoms with Gasteiger partial charge in [-0.2, -0.15) is 0 Å². The van der Waals surface area contributed by atoms with Crippen LogP contribution in [0.5, 0.6) is 0 Å². The summed E-state index contributed by atoms with van der Waals surface area (Å²) in [6.45, 7) is 2.05. The second-order valence-corrected chi connectivity index (χ2v) is 9.19. The van der Waals surface area contributed by atoms with Gasteiger partial charge in [0.25, 0.3) is 0 Å². The number of likely N-dealkylation sites (tertiary alicyclic amines) is 1. The zero-order valence-electron chi connectivity index (χ0n) is 15.8. The first-order valence-corrected chi connectivity index (χ1v) is 11.4. The van der Waals surface area contributed by atoms with E-state index in [1.807, 2.05) is 18.2 Å². The molecule has 27 heavy (non-hydrogen) atoms. The van der Waals surface area contributed by atoms with Crippen LogP contribution in [0.4, 0.5) is 0 Å². The zero-order chi connectivity index (χ0) is 18.8. The molecule has 0 unspecified atom stereocenters.